The Labute approximate surface area is 210 Å². The highest BCUT2D eigenvalue weighted by Gasteiger charge is 2.32. The van der Waals surface area contributed by atoms with Gasteiger partial charge in [-0.05, 0) is 41.7 Å². The Morgan fingerprint density at radius 2 is 1.94 bits per heavy atom. The van der Waals surface area contributed by atoms with Gasteiger partial charge in [0.1, 0.15) is 0 Å². The normalized spacial score (nSPS) is 17.3. The van der Waals surface area contributed by atoms with Crippen molar-refractivity contribution in [2.75, 3.05) is 18.4 Å². The Kier molecular flexibility index (Phi) is 7.50. The molecule has 3 N–H and O–H groups in total. The van der Waals surface area contributed by atoms with Crippen LogP contribution in [0, 0.1) is 5.92 Å². The molecular weight excluding hydrogens is 515 g/mol. The van der Waals surface area contributed by atoms with Gasteiger partial charge in [-0.25, -0.2) is 8.42 Å². The monoisotopic (exact) mass is 543 g/mol. The molecule has 9 nitrogen and oxygen atoms in total. The smallest absolute Gasteiger partial charge is 0.256 e. The van der Waals surface area contributed by atoms with Crippen molar-refractivity contribution in [2.24, 2.45) is 10.9 Å². The number of sulfonamides is 1. The van der Waals surface area contributed by atoms with E-state index in [0.29, 0.717) is 24.5 Å². The fourth-order valence-corrected chi connectivity index (χ4v) is 8.57. The van der Waals surface area contributed by atoms with Crippen LogP contribution in [0.4, 0.5) is 11.5 Å². The predicted molar refractivity (Wildman–Crippen MR) is 136 cm³/mol. The molecule has 0 amide bonds. The van der Waals surface area contributed by atoms with Crippen LogP contribution in [0.25, 0.3) is 0 Å². The van der Waals surface area contributed by atoms with Crippen LogP contribution in [0.2, 0.25) is 0 Å². The molecule has 4 heterocycles. The van der Waals surface area contributed by atoms with Crippen LogP contribution in [-0.2, 0) is 10.0 Å². The average Bonchev–Trinajstić information content (AvgIpc) is 3.55. The van der Waals surface area contributed by atoms with E-state index in [1.165, 1.54) is 15.2 Å². The van der Waals surface area contributed by atoms with E-state index in [1.807, 2.05) is 0 Å². The summed E-state index contributed by atoms with van der Waals surface area (Å²) in [5.74, 6) is 0.420. The molecule has 1 aliphatic heterocycles. The first kappa shape index (κ1) is 25.3. The Morgan fingerprint density at radius 3 is 2.56 bits per heavy atom. The summed E-state index contributed by atoms with van der Waals surface area (Å²) < 4.78 is 46.1. The minimum absolute atomic E-state index is 0.108. The number of rotatable bonds is 8. The zero-order valence-electron chi connectivity index (χ0n) is 19.4. The van der Waals surface area contributed by atoms with Crippen LogP contribution < -0.4 is 10.8 Å². The number of aromatic amines is 1. The molecule has 3 aromatic rings. The van der Waals surface area contributed by atoms with Gasteiger partial charge in [0.15, 0.2) is 21.1 Å². The molecule has 1 saturated heterocycles. The summed E-state index contributed by atoms with van der Waals surface area (Å²) in [5, 5.41) is 17.3. The van der Waals surface area contributed by atoms with Crippen molar-refractivity contribution in [3.05, 3.63) is 32.8 Å². The molecule has 13 heteroatoms. The lowest BCUT2D eigenvalue weighted by Crippen LogP contribution is -2.27. The quantitative estimate of drug-likeness (QED) is 0.346. The maximum absolute atomic E-state index is 12.9. The molecular formula is C21H29N5O4S4. The van der Waals surface area contributed by atoms with Gasteiger partial charge < -0.3 is 15.0 Å². The molecule has 186 valence electrons. The third kappa shape index (κ3) is 5.09. The number of aromatic nitrogens is 2. The van der Waals surface area contributed by atoms with Gasteiger partial charge in [-0.15, -0.1) is 27.0 Å². The summed E-state index contributed by atoms with van der Waals surface area (Å²) in [6.45, 7) is 9.33. The number of thiophene rings is 2. The summed E-state index contributed by atoms with van der Waals surface area (Å²) in [6.07, 6.45) is 1.62. The molecule has 1 aliphatic rings. The number of hydrogen-bond acceptors (Lipinski definition) is 9. The second-order valence-corrected chi connectivity index (χ2v) is 13.8. The average molecular weight is 544 g/mol. The van der Waals surface area contributed by atoms with Crippen molar-refractivity contribution < 1.29 is 18.1 Å². The van der Waals surface area contributed by atoms with Crippen molar-refractivity contribution in [1.29, 1.82) is 0 Å². The highest BCUT2D eigenvalue weighted by molar-refractivity contribution is 7.91. The van der Waals surface area contributed by atoms with Crippen LogP contribution >= 0.6 is 33.8 Å². The standard InChI is InChI=1S/C21H29N5O4S4/c1-12(2)14-9-16(31-10-14)17(13(3)4)23-20-19(24-33(28)25-20)22-15-11-32-21(18(15)27)34(29,30)26-7-5-6-8-26/h9-13,17,27H,5-8H2,1-4H3,(H,22,24)(H,23,25)/t17-,33?/m1/s1. The first-order valence-corrected chi connectivity index (χ1v) is 15.4. The van der Waals surface area contributed by atoms with Gasteiger partial charge >= 0.3 is 0 Å². The molecule has 2 atom stereocenters. The number of nitrogens with zero attached hydrogens (tertiary/aromatic N) is 3. The Hall–Kier alpha value is -1.77. The van der Waals surface area contributed by atoms with Crippen molar-refractivity contribution in [3.63, 3.8) is 0 Å². The number of hydrogen-bond donors (Lipinski definition) is 3. The number of anilines is 2. The lowest BCUT2D eigenvalue weighted by atomic mass is 10.0. The van der Waals surface area contributed by atoms with Gasteiger partial charge in [0.05, 0.1) is 11.7 Å². The van der Waals surface area contributed by atoms with Crippen LogP contribution in [0.5, 0.6) is 5.75 Å². The second kappa shape index (κ2) is 10.1. The first-order valence-electron chi connectivity index (χ1n) is 11.1. The minimum Gasteiger partial charge on any atom is -0.548 e. The van der Waals surface area contributed by atoms with E-state index in [2.05, 4.69) is 53.2 Å². The van der Waals surface area contributed by atoms with Gasteiger partial charge in [0.2, 0.25) is 11.3 Å². The van der Waals surface area contributed by atoms with E-state index < -0.39 is 21.2 Å². The van der Waals surface area contributed by atoms with E-state index >= 15 is 0 Å². The van der Waals surface area contributed by atoms with E-state index in [9.17, 15) is 18.1 Å². The molecule has 0 saturated carbocycles. The second-order valence-electron chi connectivity index (χ2n) is 8.92. The molecule has 34 heavy (non-hydrogen) atoms. The zero-order valence-corrected chi connectivity index (χ0v) is 22.7. The first-order chi connectivity index (χ1) is 16.1. The molecule has 0 aliphatic carbocycles. The highest BCUT2D eigenvalue weighted by atomic mass is 32.2. The molecule has 0 radical (unpaired) electrons. The van der Waals surface area contributed by atoms with E-state index in [0.717, 1.165) is 29.1 Å². The summed E-state index contributed by atoms with van der Waals surface area (Å²) in [7, 11) is -3.76. The summed E-state index contributed by atoms with van der Waals surface area (Å²) in [4.78, 5) is 5.92. The third-order valence-corrected chi connectivity index (χ3v) is 10.8. The van der Waals surface area contributed by atoms with Gasteiger partial charge in [-0.3, -0.25) is 4.99 Å². The van der Waals surface area contributed by atoms with Crippen LogP contribution in [-0.4, -0.2) is 44.2 Å². The van der Waals surface area contributed by atoms with Gasteiger partial charge in [-0.2, -0.15) is 4.31 Å². The summed E-state index contributed by atoms with van der Waals surface area (Å²) in [6, 6.07) is 1.98. The maximum atomic E-state index is 12.9. The third-order valence-electron chi connectivity index (χ3n) is 5.70. The van der Waals surface area contributed by atoms with E-state index in [-0.39, 0.29) is 33.4 Å². The van der Waals surface area contributed by atoms with Crippen LogP contribution in [0.15, 0.2) is 26.0 Å². The van der Waals surface area contributed by atoms with Gasteiger partial charge in [0.25, 0.3) is 10.0 Å². The Bertz CT molecular complexity index is 1310. The van der Waals surface area contributed by atoms with Crippen molar-refractivity contribution in [1.82, 2.24) is 13.1 Å². The van der Waals surface area contributed by atoms with E-state index in [4.69, 9.17) is 4.99 Å². The Morgan fingerprint density at radius 1 is 1.24 bits per heavy atom. The van der Waals surface area contributed by atoms with Crippen LogP contribution in [0.1, 0.15) is 62.9 Å². The highest BCUT2D eigenvalue weighted by Crippen LogP contribution is 2.41. The van der Waals surface area contributed by atoms with Crippen molar-refractivity contribution in [3.8, 4) is 5.75 Å². The van der Waals surface area contributed by atoms with Crippen LogP contribution in [0.3, 0.4) is 0 Å². The number of nitrogens with one attached hydrogen (secondary N) is 2. The van der Waals surface area contributed by atoms with Gasteiger partial charge in [0, 0.05) is 27.7 Å². The van der Waals surface area contributed by atoms with Crippen molar-refractivity contribution in [2.45, 2.75) is 56.7 Å². The molecule has 1 fully saturated rings. The SMILES string of the molecule is CC(C)c1csc([C@H](N=c2[nH][s+]([O-])nc2Nc2csc(S(=O)(=O)N3CCCC3)c2O)C(C)C)c1. The fraction of sp³-hybridized carbons (Fsp3) is 0.524. The molecule has 3 aromatic heterocycles. The fourth-order valence-electron chi connectivity index (χ4n) is 3.74. The molecule has 0 spiro atoms. The number of H-pyrrole nitrogens is 1. The lowest BCUT2D eigenvalue weighted by molar-refractivity contribution is 0.451. The van der Waals surface area contributed by atoms with Crippen molar-refractivity contribution >= 4 is 55.3 Å². The zero-order chi connectivity index (χ0) is 24.6. The maximum Gasteiger partial charge on any atom is 0.256 e. The minimum atomic E-state index is -3.76. The Balaban J connectivity index is 1.66. The topological polar surface area (TPSA) is 134 Å². The summed E-state index contributed by atoms with van der Waals surface area (Å²) >= 11 is 0.868. The number of aromatic hydroxyl groups is 1. The summed E-state index contributed by atoms with van der Waals surface area (Å²) in [5.41, 5.74) is 1.75. The molecule has 4 rings (SSSR count). The van der Waals surface area contributed by atoms with Gasteiger partial charge in [-0.1, -0.05) is 27.7 Å². The van der Waals surface area contributed by atoms with E-state index in [1.54, 1.807) is 11.3 Å². The molecule has 1 unspecified atom stereocenters. The molecule has 0 bridgehead atoms. The largest absolute Gasteiger partial charge is 0.548 e. The predicted octanol–water partition coefficient (Wildman–Crippen LogP) is 4.92. The molecule has 0 aromatic carbocycles. The lowest BCUT2D eigenvalue weighted by Gasteiger charge is -2.14.